The Labute approximate surface area is 65.6 Å². The van der Waals surface area contributed by atoms with E-state index in [0.717, 1.165) is 17.6 Å². The van der Waals surface area contributed by atoms with Gasteiger partial charge in [-0.05, 0) is 0 Å². The molecule has 1 aromatic heterocycles. The molecule has 0 saturated carbocycles. The molecule has 1 heterocycles. The molecule has 6 heteroatoms. The number of thiazole rings is 1. The predicted molar refractivity (Wildman–Crippen MR) is 38.5 cm³/mol. The van der Waals surface area contributed by atoms with Crippen molar-refractivity contribution in [1.29, 1.82) is 0 Å². The molecule has 0 aliphatic rings. The molecule has 0 aliphatic carbocycles. The second-order valence-electron chi connectivity index (χ2n) is 1.62. The number of carboxylic acid groups (broad SMARTS) is 1. The van der Waals surface area contributed by atoms with Gasteiger partial charge in [0.05, 0.1) is 0 Å². The van der Waals surface area contributed by atoms with E-state index < -0.39 is 5.97 Å². The number of aromatic carboxylic acids is 1. The molecule has 0 aromatic carbocycles. The minimum atomic E-state index is -1.08. The Kier molecular flexibility index (Phi) is 2.17. The van der Waals surface area contributed by atoms with Gasteiger partial charge in [-0.1, -0.05) is 5.16 Å². The largest absolute Gasteiger partial charge is 0.476 e. The smallest absolute Gasteiger partial charge is 0.355 e. The average Bonchev–Trinajstić information content (AvgIpc) is 2.37. The van der Waals surface area contributed by atoms with Crippen LogP contribution in [-0.4, -0.2) is 27.5 Å². The first kappa shape index (κ1) is 7.67. The van der Waals surface area contributed by atoms with E-state index in [4.69, 9.17) is 10.3 Å². The van der Waals surface area contributed by atoms with Gasteiger partial charge in [0.15, 0.2) is 5.69 Å². The van der Waals surface area contributed by atoms with E-state index in [1.807, 2.05) is 0 Å². The summed E-state index contributed by atoms with van der Waals surface area (Å²) in [6, 6.07) is 0. The van der Waals surface area contributed by atoms with Crippen LogP contribution in [0, 0.1) is 0 Å². The molecule has 0 amide bonds. The van der Waals surface area contributed by atoms with Crippen LogP contribution in [-0.2, 0) is 0 Å². The van der Waals surface area contributed by atoms with Crippen molar-refractivity contribution in [2.45, 2.75) is 0 Å². The lowest BCUT2D eigenvalue weighted by atomic mass is 10.5. The first-order chi connectivity index (χ1) is 5.24. The van der Waals surface area contributed by atoms with Gasteiger partial charge in [-0.15, -0.1) is 11.3 Å². The van der Waals surface area contributed by atoms with E-state index in [1.54, 1.807) is 0 Å². The quantitative estimate of drug-likeness (QED) is 0.389. The number of oxime groups is 1. The number of rotatable bonds is 2. The fraction of sp³-hybridized carbons (Fsp3) is 0. The third kappa shape index (κ3) is 1.74. The highest BCUT2D eigenvalue weighted by molar-refractivity contribution is 7.11. The van der Waals surface area contributed by atoms with Crippen molar-refractivity contribution in [3.05, 3.63) is 16.1 Å². The maximum absolute atomic E-state index is 10.3. The Morgan fingerprint density at radius 2 is 2.55 bits per heavy atom. The highest BCUT2D eigenvalue weighted by atomic mass is 32.1. The van der Waals surface area contributed by atoms with Crippen LogP contribution in [0.1, 0.15) is 15.5 Å². The lowest BCUT2D eigenvalue weighted by molar-refractivity contribution is 0.0691. The van der Waals surface area contributed by atoms with E-state index in [9.17, 15) is 4.79 Å². The fourth-order valence-corrected chi connectivity index (χ4v) is 1.14. The monoisotopic (exact) mass is 172 g/mol. The van der Waals surface area contributed by atoms with Gasteiger partial charge in [0.25, 0.3) is 0 Å². The van der Waals surface area contributed by atoms with Gasteiger partial charge in [-0.2, -0.15) is 0 Å². The summed E-state index contributed by atoms with van der Waals surface area (Å²) in [6.07, 6.45) is 1.08. The molecule has 0 atom stereocenters. The van der Waals surface area contributed by atoms with Crippen molar-refractivity contribution in [2.24, 2.45) is 5.16 Å². The molecule has 0 bridgehead atoms. The van der Waals surface area contributed by atoms with Gasteiger partial charge in [-0.25, -0.2) is 9.78 Å². The van der Waals surface area contributed by atoms with Crippen LogP contribution in [0.15, 0.2) is 10.5 Å². The second kappa shape index (κ2) is 3.11. The van der Waals surface area contributed by atoms with E-state index >= 15 is 0 Å². The van der Waals surface area contributed by atoms with Crippen LogP contribution in [0.25, 0.3) is 0 Å². The van der Waals surface area contributed by atoms with Crippen LogP contribution in [0.5, 0.6) is 0 Å². The molecule has 0 spiro atoms. The van der Waals surface area contributed by atoms with Crippen LogP contribution < -0.4 is 0 Å². The zero-order valence-corrected chi connectivity index (χ0v) is 6.08. The van der Waals surface area contributed by atoms with Crippen LogP contribution in [0.2, 0.25) is 0 Å². The lowest BCUT2D eigenvalue weighted by Gasteiger charge is -1.80. The van der Waals surface area contributed by atoms with Crippen molar-refractivity contribution < 1.29 is 15.1 Å². The number of aromatic nitrogens is 1. The van der Waals surface area contributed by atoms with E-state index in [2.05, 4.69) is 10.1 Å². The Morgan fingerprint density at radius 3 is 3.00 bits per heavy atom. The van der Waals surface area contributed by atoms with Gasteiger partial charge in [-0.3, -0.25) is 0 Å². The maximum Gasteiger partial charge on any atom is 0.355 e. The minimum absolute atomic E-state index is 0.0371. The van der Waals surface area contributed by atoms with E-state index in [1.165, 1.54) is 5.38 Å². The normalized spacial score (nSPS) is 10.5. The summed E-state index contributed by atoms with van der Waals surface area (Å²) in [5.74, 6) is -1.08. The second-order valence-corrected chi connectivity index (χ2v) is 2.51. The molecule has 2 N–H and O–H groups in total. The highest BCUT2D eigenvalue weighted by Gasteiger charge is 2.06. The summed E-state index contributed by atoms with van der Waals surface area (Å²) >= 11 is 1.10. The Morgan fingerprint density at radius 1 is 1.82 bits per heavy atom. The molecule has 1 rings (SSSR count). The lowest BCUT2D eigenvalue weighted by Crippen LogP contribution is -1.96. The van der Waals surface area contributed by atoms with Crippen molar-refractivity contribution in [3.8, 4) is 0 Å². The first-order valence-electron chi connectivity index (χ1n) is 2.60. The van der Waals surface area contributed by atoms with Crippen LogP contribution in [0.4, 0.5) is 0 Å². The number of carbonyl (C=O) groups is 1. The minimum Gasteiger partial charge on any atom is -0.476 e. The Hall–Kier alpha value is -1.43. The Balaban J connectivity index is 2.90. The predicted octanol–water partition coefficient (Wildman–Crippen LogP) is 0.649. The molecule has 1 aromatic rings. The third-order valence-electron chi connectivity index (χ3n) is 0.909. The van der Waals surface area contributed by atoms with Gasteiger partial charge in [0.1, 0.15) is 11.2 Å². The molecule has 58 valence electrons. The molecule has 0 radical (unpaired) electrons. The summed E-state index contributed by atoms with van der Waals surface area (Å²) in [5, 5.41) is 20.9. The summed E-state index contributed by atoms with van der Waals surface area (Å²) in [4.78, 5) is 13.9. The number of carboxylic acids is 1. The summed E-state index contributed by atoms with van der Waals surface area (Å²) in [5.41, 5.74) is -0.0371. The molecular formula is C5H4N2O3S. The van der Waals surface area contributed by atoms with Gasteiger partial charge >= 0.3 is 5.97 Å². The third-order valence-corrected chi connectivity index (χ3v) is 1.69. The van der Waals surface area contributed by atoms with Gasteiger partial charge in [0.2, 0.25) is 0 Å². The maximum atomic E-state index is 10.3. The fourth-order valence-electron chi connectivity index (χ4n) is 0.495. The van der Waals surface area contributed by atoms with Crippen molar-refractivity contribution >= 4 is 23.5 Å². The summed E-state index contributed by atoms with van der Waals surface area (Å²) in [6.45, 7) is 0. The summed E-state index contributed by atoms with van der Waals surface area (Å²) < 4.78 is 0. The van der Waals surface area contributed by atoms with Gasteiger partial charge < -0.3 is 10.3 Å². The SMILES string of the molecule is O=C(O)c1csc(/C=N/O)n1. The van der Waals surface area contributed by atoms with E-state index in [-0.39, 0.29) is 5.69 Å². The van der Waals surface area contributed by atoms with Gasteiger partial charge in [0, 0.05) is 5.38 Å². The van der Waals surface area contributed by atoms with Crippen molar-refractivity contribution in [1.82, 2.24) is 4.98 Å². The number of hydrogen-bond donors (Lipinski definition) is 2. The topological polar surface area (TPSA) is 82.8 Å². The number of hydrogen-bond acceptors (Lipinski definition) is 5. The molecule has 0 unspecified atom stereocenters. The molecule has 0 aliphatic heterocycles. The molecule has 5 nitrogen and oxygen atoms in total. The zero-order chi connectivity index (χ0) is 8.27. The number of nitrogens with zero attached hydrogens (tertiary/aromatic N) is 2. The van der Waals surface area contributed by atoms with Crippen LogP contribution >= 0.6 is 11.3 Å². The van der Waals surface area contributed by atoms with E-state index in [0.29, 0.717) is 5.01 Å². The van der Waals surface area contributed by atoms with Crippen molar-refractivity contribution in [3.63, 3.8) is 0 Å². The van der Waals surface area contributed by atoms with Crippen molar-refractivity contribution in [2.75, 3.05) is 0 Å². The standard InChI is InChI=1S/C5H4N2O3S/c8-5(9)3-2-11-4(7-3)1-6-10/h1-2,10H,(H,8,9)/b6-1+. The Bertz CT molecular complexity index is 294. The molecule has 11 heavy (non-hydrogen) atoms. The average molecular weight is 172 g/mol. The molecular weight excluding hydrogens is 168 g/mol. The first-order valence-corrected chi connectivity index (χ1v) is 3.48. The molecule has 0 saturated heterocycles. The summed E-state index contributed by atoms with van der Waals surface area (Å²) in [7, 11) is 0. The molecule has 0 fully saturated rings. The zero-order valence-electron chi connectivity index (χ0n) is 5.26. The highest BCUT2D eigenvalue weighted by Crippen LogP contribution is 2.06. The van der Waals surface area contributed by atoms with Crippen LogP contribution in [0.3, 0.4) is 0 Å².